The van der Waals surface area contributed by atoms with Gasteiger partial charge in [-0.05, 0) is 141 Å². The van der Waals surface area contributed by atoms with Crippen molar-refractivity contribution in [2.75, 3.05) is 58.1 Å². The molecule has 0 atom stereocenters. The average Bonchev–Trinajstić information content (AvgIpc) is 1.51. The number of H-pyrrole nitrogens is 1. The minimum absolute atomic E-state index is 0. The summed E-state index contributed by atoms with van der Waals surface area (Å²) in [4.78, 5) is 12.0. The maximum Gasteiger partial charge on any atom is 0.0404 e. The Labute approximate surface area is 715 Å². The zero-order valence-corrected chi connectivity index (χ0v) is 84.0. The number of para-hydroxylation sites is 4. The smallest absolute Gasteiger partial charge is 0.0404 e. The van der Waals surface area contributed by atoms with E-state index in [1.165, 1.54) is 103 Å². The first-order chi connectivity index (χ1) is 53.8. The number of pyridine rings is 2. The third kappa shape index (κ3) is 77.0. The van der Waals surface area contributed by atoms with Crippen LogP contribution in [-0.4, -0.2) is 74.7 Å². The predicted molar refractivity (Wildman–Crippen MR) is 533 cm³/mol. The molecule has 646 valence electrons. The average molecular weight is 1780 g/mol. The molecule has 0 unspecified atom stereocenters. The molecule has 0 saturated heterocycles. The molecule has 8 N–H and O–H groups in total. The third-order valence-corrected chi connectivity index (χ3v) is 31.1. The van der Waals surface area contributed by atoms with Crippen molar-refractivity contribution in [3.05, 3.63) is 223 Å². The number of halogens is 2. The number of hydrogen-bond donors (Lipinski definition) is 6. The van der Waals surface area contributed by atoms with Gasteiger partial charge in [0.05, 0.1) is 0 Å². The zero-order chi connectivity index (χ0) is 85.1. The number of hydrogen-bond acceptors (Lipinski definition) is 7. The van der Waals surface area contributed by atoms with Gasteiger partial charge in [0.15, 0.2) is 0 Å². The summed E-state index contributed by atoms with van der Waals surface area (Å²) in [6, 6.07) is 54.8. The molecule has 111 heavy (non-hydrogen) atoms. The van der Waals surface area contributed by atoms with Crippen LogP contribution in [0.2, 0.25) is 13.3 Å². The Morgan fingerprint density at radius 1 is 0.333 bits per heavy atom. The quantitative estimate of drug-likeness (QED) is 0.0141. The largest absolute Gasteiger partial charge is 0.385 e. The number of aryl methyl sites for hydroxylation is 6. The number of nitrogens with zero attached hydrogens (tertiary/aromatic N) is 3. The van der Waals surface area contributed by atoms with Crippen molar-refractivity contribution in [2.24, 2.45) is 0 Å². The molecule has 4 aromatic carbocycles. The number of aromatic nitrogens is 4. The number of nitrogens with one attached hydrogen (secondary N) is 5. The van der Waals surface area contributed by atoms with Crippen LogP contribution in [0.1, 0.15) is 314 Å². The monoisotopic (exact) mass is 1780 g/mol. The molecule has 0 amide bonds. The second kappa shape index (κ2) is 118. The Morgan fingerprint density at radius 3 is 0.883 bits per heavy atom. The molecule has 0 radical (unpaired) electrons. The fraction of sp³-hybridized carbons (Fsp3) is 0.576. The van der Waals surface area contributed by atoms with Crippen molar-refractivity contribution in [3.8, 4) is 0 Å². The van der Waals surface area contributed by atoms with Crippen molar-refractivity contribution in [3.63, 3.8) is 0 Å². The fourth-order valence-corrected chi connectivity index (χ4v) is 25.9. The molecule has 0 aliphatic carbocycles. The molecule has 0 bridgehead atoms. The van der Waals surface area contributed by atoms with Crippen LogP contribution in [0.3, 0.4) is 0 Å². The van der Waals surface area contributed by atoms with Gasteiger partial charge >= 0.3 is 124 Å². The first-order valence-corrected chi connectivity index (χ1v) is 54.0. The molecular formula is C99H187Br2N9Sn. The van der Waals surface area contributed by atoms with Crippen molar-refractivity contribution >= 4 is 76.7 Å². The van der Waals surface area contributed by atoms with E-state index in [0.29, 0.717) is 0 Å². The Balaban J connectivity index is -0.000000101. The van der Waals surface area contributed by atoms with Crippen LogP contribution in [0.15, 0.2) is 195 Å². The van der Waals surface area contributed by atoms with E-state index in [2.05, 4.69) is 262 Å². The summed E-state index contributed by atoms with van der Waals surface area (Å²) in [7, 11) is 0. The van der Waals surface area contributed by atoms with Gasteiger partial charge in [-0.15, -0.1) is 0 Å². The van der Waals surface area contributed by atoms with Gasteiger partial charge in [-0.3, -0.25) is 4.98 Å². The SMILES string of the molecule is C.CC.CC.CC.CC.CC.CC.CC.CC.CC.CC.CC.CC.CCC[CH2][Sn]([CH2]CCC)([CH2]CCC)[c]1ccccn1.CCc1ccccc1NCCCBr.CCc1ccccc1NCCCBr.CCc1ccccc1NCCCc1ccccn1.CCc1ccccc1NCCCn1cccc1.N.c1cc[nH]c1. The normalized spacial score (nSPS) is 8.62. The van der Waals surface area contributed by atoms with Crippen LogP contribution in [0, 0.1) is 0 Å². The summed E-state index contributed by atoms with van der Waals surface area (Å²) in [5.41, 5.74) is 11.9. The summed E-state index contributed by atoms with van der Waals surface area (Å²) in [5, 5.41) is 16.0. The van der Waals surface area contributed by atoms with Crippen molar-refractivity contribution in [1.29, 1.82) is 0 Å². The van der Waals surface area contributed by atoms with E-state index in [0.717, 1.165) is 101 Å². The van der Waals surface area contributed by atoms with Crippen molar-refractivity contribution < 1.29 is 0 Å². The minimum Gasteiger partial charge on any atom is -0.385 e. The van der Waals surface area contributed by atoms with E-state index in [1.807, 2.05) is 215 Å². The summed E-state index contributed by atoms with van der Waals surface area (Å²) in [6.45, 7) is 68.9. The molecule has 0 saturated carbocycles. The number of benzene rings is 4. The second-order valence-electron chi connectivity index (χ2n) is 21.2. The molecule has 0 aliphatic rings. The van der Waals surface area contributed by atoms with E-state index in [4.69, 9.17) is 4.98 Å². The predicted octanol–water partition coefficient (Wildman–Crippen LogP) is 33.4. The minimum atomic E-state index is -2.21. The number of anilines is 4. The van der Waals surface area contributed by atoms with Gasteiger partial charge in [-0.2, -0.15) is 0 Å². The summed E-state index contributed by atoms with van der Waals surface area (Å²) < 4.78 is 8.31. The van der Waals surface area contributed by atoms with E-state index >= 15 is 0 Å². The zero-order valence-electron chi connectivity index (χ0n) is 78.0. The maximum absolute atomic E-state index is 4.80. The van der Waals surface area contributed by atoms with Crippen LogP contribution in [0.4, 0.5) is 22.7 Å². The summed E-state index contributed by atoms with van der Waals surface area (Å²) in [5.74, 6) is 0. The number of unbranched alkanes of at least 4 members (excludes halogenated alkanes) is 3. The van der Waals surface area contributed by atoms with Crippen LogP contribution >= 0.6 is 31.9 Å². The van der Waals surface area contributed by atoms with Gasteiger partial charge in [0.2, 0.25) is 0 Å². The number of rotatable bonds is 32. The van der Waals surface area contributed by atoms with E-state index in [-0.39, 0.29) is 13.6 Å². The molecule has 9 nitrogen and oxygen atoms in total. The van der Waals surface area contributed by atoms with Crippen LogP contribution in [0.5, 0.6) is 0 Å². The molecule has 4 aromatic heterocycles. The first kappa shape index (κ1) is 132. The van der Waals surface area contributed by atoms with Gasteiger partial charge in [0.25, 0.3) is 0 Å². The first-order valence-electron chi connectivity index (χ1n) is 44.2. The Hall–Kier alpha value is -5.34. The van der Waals surface area contributed by atoms with Crippen molar-refractivity contribution in [1.82, 2.24) is 25.7 Å². The Morgan fingerprint density at radius 2 is 0.622 bits per heavy atom. The standard InChI is InChI=1S/C16H20N2.C15H20N2.2C11H16BrN.C5H4N.C4H5N.3C4H9.12C2H6.CH4.H3N.Sn/c1-2-14-8-3-4-11-16(14)18-13-7-10-15-9-5-6-12-17-15;1-2-14-8-3-4-9-15(14)16-10-7-13-17-11-5-6-12-17;2*1-2-10-6-3-4-7-11(10)13-9-5-8-12;1-2-4-6-5-3-1;1-2-4-5-3-1;3*1-3-4-2;12*1-2;;;/h3-6,8-9,11-12,18H,2,7,10,13H2,1H3;3-6,8-9,11-12,16H,2,7,10,13H2,1H3;2*3-4,6-7,13H,2,5,8-9H2,1H3;1-4H;1-5H;3*1,3-4H2,2H3;12*1-2H3;1H4;1H3;. The van der Waals surface area contributed by atoms with Crippen molar-refractivity contribution in [2.45, 2.75) is 338 Å². The molecule has 0 fully saturated rings. The maximum atomic E-state index is 4.80. The van der Waals surface area contributed by atoms with Gasteiger partial charge in [0.1, 0.15) is 0 Å². The van der Waals surface area contributed by atoms with E-state index in [9.17, 15) is 0 Å². The third-order valence-electron chi connectivity index (χ3n) is 14.8. The fourth-order valence-electron chi connectivity index (χ4n) is 9.89. The molecule has 8 aromatic rings. The van der Waals surface area contributed by atoms with Gasteiger partial charge < -0.3 is 37.0 Å². The molecule has 8 rings (SSSR count). The Bertz CT molecular complexity index is 2660. The van der Waals surface area contributed by atoms with E-state index in [1.54, 1.807) is 3.71 Å². The van der Waals surface area contributed by atoms with Gasteiger partial charge in [-0.1, -0.05) is 312 Å². The molecular weight excluding hydrogens is 1590 g/mol. The molecule has 0 spiro atoms. The summed E-state index contributed by atoms with van der Waals surface area (Å²) in [6.07, 6.45) is 30.1. The molecule has 4 heterocycles. The van der Waals surface area contributed by atoms with Gasteiger partial charge in [-0.25, -0.2) is 0 Å². The number of aromatic amines is 1. The van der Waals surface area contributed by atoms with Crippen LogP contribution in [0.25, 0.3) is 0 Å². The van der Waals surface area contributed by atoms with E-state index < -0.39 is 18.4 Å². The van der Waals surface area contributed by atoms with Crippen LogP contribution < -0.4 is 31.1 Å². The second-order valence-corrected chi connectivity index (χ2v) is 35.9. The Kier molecular flexibility index (Phi) is 140. The summed E-state index contributed by atoms with van der Waals surface area (Å²) >= 11 is 4.63. The van der Waals surface area contributed by atoms with Crippen LogP contribution in [-0.2, 0) is 38.6 Å². The topological polar surface area (TPSA) is 130 Å². The molecule has 12 heteroatoms. The number of alkyl halides is 2. The van der Waals surface area contributed by atoms with Gasteiger partial charge in [0, 0.05) is 103 Å². The molecule has 0 aliphatic heterocycles.